The van der Waals surface area contributed by atoms with Gasteiger partial charge in [-0.15, -0.1) is 0 Å². The van der Waals surface area contributed by atoms with E-state index in [1.807, 2.05) is 0 Å². The van der Waals surface area contributed by atoms with Crippen molar-refractivity contribution in [3.63, 3.8) is 0 Å². The maximum Gasteiger partial charge on any atom is 0.0480 e. The van der Waals surface area contributed by atoms with Crippen LogP contribution in [0.3, 0.4) is 0 Å². The first kappa shape index (κ1) is 16.5. The highest BCUT2D eigenvalue weighted by Crippen LogP contribution is 2.31. The van der Waals surface area contributed by atoms with E-state index >= 15 is 0 Å². The van der Waals surface area contributed by atoms with Crippen molar-refractivity contribution in [2.75, 3.05) is 20.1 Å². The molecule has 0 saturated heterocycles. The third kappa shape index (κ3) is 4.31. The lowest BCUT2D eigenvalue weighted by molar-refractivity contribution is 0.165. The van der Waals surface area contributed by atoms with Crippen molar-refractivity contribution in [1.29, 1.82) is 0 Å². The second-order valence-electron chi connectivity index (χ2n) is 6.92. The fraction of sp³-hybridized carbons (Fsp3) is 0.684. The van der Waals surface area contributed by atoms with Gasteiger partial charge < -0.3 is 10.2 Å². The molecule has 0 heterocycles. The molecule has 2 heteroatoms. The molecule has 0 aliphatic heterocycles. The highest BCUT2D eigenvalue weighted by molar-refractivity contribution is 5.32. The Kier molecular flexibility index (Phi) is 6.25. The van der Waals surface area contributed by atoms with E-state index in [0.29, 0.717) is 12.1 Å². The Morgan fingerprint density at radius 2 is 2.05 bits per heavy atom. The van der Waals surface area contributed by atoms with E-state index in [-0.39, 0.29) is 0 Å². The fourth-order valence-electron chi connectivity index (χ4n) is 3.67. The smallest absolute Gasteiger partial charge is 0.0480 e. The lowest BCUT2D eigenvalue weighted by atomic mass is 9.94. The van der Waals surface area contributed by atoms with Crippen LogP contribution in [0.25, 0.3) is 0 Å². The normalized spacial score (nSPS) is 22.4. The predicted molar refractivity (Wildman–Crippen MR) is 91.7 cm³/mol. The van der Waals surface area contributed by atoms with Gasteiger partial charge in [0.2, 0.25) is 0 Å². The SMILES string of the molecule is CCCNC1c2ccccc2CCCC1N(C)CC(C)C. The molecule has 0 radical (unpaired) electrons. The minimum absolute atomic E-state index is 0.479. The lowest BCUT2D eigenvalue weighted by Crippen LogP contribution is -2.44. The summed E-state index contributed by atoms with van der Waals surface area (Å²) in [5.41, 5.74) is 3.08. The molecule has 2 unspecified atom stereocenters. The summed E-state index contributed by atoms with van der Waals surface area (Å²) in [7, 11) is 2.30. The van der Waals surface area contributed by atoms with Crippen LogP contribution in [0.4, 0.5) is 0 Å². The number of nitrogens with zero attached hydrogens (tertiary/aromatic N) is 1. The minimum Gasteiger partial charge on any atom is -0.309 e. The van der Waals surface area contributed by atoms with E-state index in [2.05, 4.69) is 62.3 Å². The van der Waals surface area contributed by atoms with E-state index < -0.39 is 0 Å². The van der Waals surface area contributed by atoms with E-state index in [0.717, 1.165) is 12.5 Å². The van der Waals surface area contributed by atoms with Crippen LogP contribution in [0.1, 0.15) is 57.2 Å². The van der Waals surface area contributed by atoms with E-state index in [4.69, 9.17) is 0 Å². The molecule has 1 aliphatic rings. The highest BCUT2D eigenvalue weighted by atomic mass is 15.2. The standard InChI is InChI=1S/C19H32N2/c1-5-13-20-19-17-11-7-6-9-16(17)10-8-12-18(19)21(4)14-15(2)3/h6-7,9,11,15,18-20H,5,8,10,12-14H2,1-4H3. The summed E-state index contributed by atoms with van der Waals surface area (Å²) in [4.78, 5) is 2.58. The molecule has 0 aromatic heterocycles. The first-order valence-electron chi connectivity index (χ1n) is 8.65. The molecule has 1 aromatic carbocycles. The molecular weight excluding hydrogens is 256 g/mol. The number of nitrogens with one attached hydrogen (secondary N) is 1. The first-order valence-corrected chi connectivity index (χ1v) is 8.65. The third-order valence-corrected chi connectivity index (χ3v) is 4.55. The van der Waals surface area contributed by atoms with Gasteiger partial charge in [-0.1, -0.05) is 45.0 Å². The Labute approximate surface area is 130 Å². The fourth-order valence-corrected chi connectivity index (χ4v) is 3.67. The number of likely N-dealkylation sites (N-methyl/N-ethyl adjacent to an activating group) is 1. The van der Waals surface area contributed by atoms with Crippen LogP contribution in [0.15, 0.2) is 24.3 Å². The quantitative estimate of drug-likeness (QED) is 0.795. The van der Waals surface area contributed by atoms with Gasteiger partial charge in [-0.05, 0) is 56.3 Å². The molecule has 0 amide bonds. The molecule has 118 valence electrons. The largest absolute Gasteiger partial charge is 0.309 e. The summed E-state index contributed by atoms with van der Waals surface area (Å²) in [5.74, 6) is 0.723. The molecule has 0 bridgehead atoms. The number of fused-ring (bicyclic) bond motifs is 1. The Balaban J connectivity index is 2.25. The van der Waals surface area contributed by atoms with Gasteiger partial charge >= 0.3 is 0 Å². The molecule has 1 aromatic rings. The van der Waals surface area contributed by atoms with Crippen LogP contribution in [-0.2, 0) is 6.42 Å². The Morgan fingerprint density at radius 1 is 1.29 bits per heavy atom. The summed E-state index contributed by atoms with van der Waals surface area (Å²) in [6.07, 6.45) is 5.01. The van der Waals surface area contributed by atoms with Gasteiger partial charge in [0, 0.05) is 18.6 Å². The number of benzene rings is 1. The van der Waals surface area contributed by atoms with Gasteiger partial charge in [0.15, 0.2) is 0 Å². The molecule has 0 saturated carbocycles. The Hall–Kier alpha value is -0.860. The molecule has 0 spiro atoms. The Bertz CT molecular complexity index is 427. The number of hydrogen-bond donors (Lipinski definition) is 1. The zero-order valence-electron chi connectivity index (χ0n) is 14.2. The molecule has 21 heavy (non-hydrogen) atoms. The molecule has 0 fully saturated rings. The van der Waals surface area contributed by atoms with Gasteiger partial charge in [0.1, 0.15) is 0 Å². The average Bonchev–Trinajstić information content (AvgIpc) is 2.63. The first-order chi connectivity index (χ1) is 10.1. The van der Waals surface area contributed by atoms with Gasteiger partial charge in [-0.2, -0.15) is 0 Å². The summed E-state index contributed by atoms with van der Waals surface area (Å²) in [5, 5.41) is 3.83. The second kappa shape index (κ2) is 7.95. The molecule has 1 aliphatic carbocycles. The van der Waals surface area contributed by atoms with Crippen molar-refractivity contribution in [2.45, 2.75) is 58.5 Å². The summed E-state index contributed by atoms with van der Waals surface area (Å²) in [6.45, 7) is 9.16. The Morgan fingerprint density at radius 3 is 2.76 bits per heavy atom. The van der Waals surface area contributed by atoms with Gasteiger partial charge in [0.25, 0.3) is 0 Å². The molecular formula is C19H32N2. The topological polar surface area (TPSA) is 15.3 Å². The van der Waals surface area contributed by atoms with Crippen LogP contribution < -0.4 is 5.32 Å². The number of aryl methyl sites for hydroxylation is 1. The van der Waals surface area contributed by atoms with Gasteiger partial charge in [0.05, 0.1) is 0 Å². The summed E-state index contributed by atoms with van der Waals surface area (Å²) < 4.78 is 0. The van der Waals surface area contributed by atoms with Gasteiger partial charge in [-0.25, -0.2) is 0 Å². The van der Waals surface area contributed by atoms with E-state index in [1.165, 1.54) is 37.8 Å². The minimum atomic E-state index is 0.479. The molecule has 1 N–H and O–H groups in total. The highest BCUT2D eigenvalue weighted by Gasteiger charge is 2.30. The van der Waals surface area contributed by atoms with Crippen LogP contribution in [0, 0.1) is 5.92 Å². The predicted octanol–water partition coefficient (Wildman–Crippen LogP) is 4.02. The molecule has 2 rings (SSSR count). The van der Waals surface area contributed by atoms with Crippen molar-refractivity contribution in [1.82, 2.24) is 10.2 Å². The summed E-state index contributed by atoms with van der Waals surface area (Å²) in [6, 6.07) is 10.1. The number of rotatable bonds is 6. The zero-order chi connectivity index (χ0) is 15.2. The monoisotopic (exact) mass is 288 g/mol. The van der Waals surface area contributed by atoms with Crippen LogP contribution in [0.2, 0.25) is 0 Å². The second-order valence-corrected chi connectivity index (χ2v) is 6.92. The van der Waals surface area contributed by atoms with Crippen LogP contribution >= 0.6 is 0 Å². The molecule has 2 atom stereocenters. The molecule has 2 nitrogen and oxygen atoms in total. The van der Waals surface area contributed by atoms with E-state index in [1.54, 1.807) is 5.56 Å². The van der Waals surface area contributed by atoms with Crippen molar-refractivity contribution in [2.24, 2.45) is 5.92 Å². The zero-order valence-corrected chi connectivity index (χ0v) is 14.2. The van der Waals surface area contributed by atoms with Gasteiger partial charge in [-0.3, -0.25) is 0 Å². The third-order valence-electron chi connectivity index (χ3n) is 4.55. The van der Waals surface area contributed by atoms with Crippen molar-refractivity contribution in [3.05, 3.63) is 35.4 Å². The lowest BCUT2D eigenvalue weighted by Gasteiger charge is -2.36. The van der Waals surface area contributed by atoms with Crippen LogP contribution in [0.5, 0.6) is 0 Å². The van der Waals surface area contributed by atoms with Crippen molar-refractivity contribution < 1.29 is 0 Å². The maximum atomic E-state index is 3.83. The summed E-state index contributed by atoms with van der Waals surface area (Å²) >= 11 is 0. The number of hydrogen-bond acceptors (Lipinski definition) is 2. The average molecular weight is 288 g/mol. The van der Waals surface area contributed by atoms with Crippen molar-refractivity contribution in [3.8, 4) is 0 Å². The van der Waals surface area contributed by atoms with E-state index in [9.17, 15) is 0 Å². The maximum absolute atomic E-state index is 3.83. The van der Waals surface area contributed by atoms with Crippen molar-refractivity contribution >= 4 is 0 Å². The van der Waals surface area contributed by atoms with Crippen LogP contribution in [-0.4, -0.2) is 31.1 Å².